The Bertz CT molecular complexity index is 474. The van der Waals surface area contributed by atoms with Crippen molar-refractivity contribution in [1.82, 2.24) is 5.32 Å². The van der Waals surface area contributed by atoms with E-state index in [2.05, 4.69) is 18.3 Å². The molecule has 2 nitrogen and oxygen atoms in total. The maximum absolute atomic E-state index is 12.2. The Morgan fingerprint density at radius 1 is 1.22 bits per heavy atom. The third-order valence-corrected chi connectivity index (χ3v) is 4.54. The molecular weight excluding hydrogens is 222 g/mol. The quantitative estimate of drug-likeness (QED) is 0.868. The average molecular weight is 243 g/mol. The van der Waals surface area contributed by atoms with Gasteiger partial charge in [0.15, 0.2) is 0 Å². The van der Waals surface area contributed by atoms with E-state index in [0.717, 1.165) is 30.9 Å². The molecule has 0 radical (unpaired) electrons. The van der Waals surface area contributed by atoms with Gasteiger partial charge in [0.1, 0.15) is 0 Å². The molecule has 1 amide bonds. The molecule has 0 atom stereocenters. The number of rotatable bonds is 3. The molecule has 0 bridgehead atoms. The predicted octanol–water partition coefficient (Wildman–Crippen LogP) is 3.01. The van der Waals surface area contributed by atoms with Gasteiger partial charge in [-0.25, -0.2) is 0 Å². The fourth-order valence-corrected chi connectivity index (χ4v) is 3.13. The van der Waals surface area contributed by atoms with E-state index < -0.39 is 0 Å². The number of hydrogen-bond donors (Lipinski definition) is 1. The summed E-state index contributed by atoms with van der Waals surface area (Å²) in [5.74, 6) is 0.868. The van der Waals surface area contributed by atoms with Crippen molar-refractivity contribution in [1.29, 1.82) is 0 Å². The summed E-state index contributed by atoms with van der Waals surface area (Å²) in [6.45, 7) is 3.02. The van der Waals surface area contributed by atoms with Crippen molar-refractivity contribution in [2.24, 2.45) is 5.92 Å². The first kappa shape index (κ1) is 11.8. The molecule has 1 saturated carbocycles. The molecule has 2 aliphatic carbocycles. The molecule has 18 heavy (non-hydrogen) atoms. The summed E-state index contributed by atoms with van der Waals surface area (Å²) in [5.41, 5.74) is 5.00. The first-order valence-electron chi connectivity index (χ1n) is 7.15. The Kier molecular flexibility index (Phi) is 3.11. The van der Waals surface area contributed by atoms with Gasteiger partial charge in [0, 0.05) is 12.1 Å². The minimum atomic E-state index is 0.139. The molecule has 0 aliphatic heterocycles. The Morgan fingerprint density at radius 3 is 2.72 bits per heavy atom. The highest BCUT2D eigenvalue weighted by atomic mass is 16.1. The van der Waals surface area contributed by atoms with E-state index in [0.29, 0.717) is 0 Å². The number of aryl methyl sites for hydroxylation is 1. The number of hydrogen-bond acceptors (Lipinski definition) is 1. The van der Waals surface area contributed by atoms with Crippen LogP contribution in [0.15, 0.2) is 12.1 Å². The normalized spacial score (nSPS) is 18.3. The maximum atomic E-state index is 12.2. The fraction of sp³-hybridized carbons (Fsp3) is 0.562. The summed E-state index contributed by atoms with van der Waals surface area (Å²) in [5, 5.41) is 3.11. The Morgan fingerprint density at radius 2 is 2.00 bits per heavy atom. The summed E-state index contributed by atoms with van der Waals surface area (Å²) < 4.78 is 0. The van der Waals surface area contributed by atoms with E-state index >= 15 is 0 Å². The second-order valence-electron chi connectivity index (χ2n) is 5.75. The zero-order valence-corrected chi connectivity index (χ0v) is 11.1. The van der Waals surface area contributed by atoms with Gasteiger partial charge in [0.25, 0.3) is 5.91 Å². The number of fused-ring (bicyclic) bond motifs is 1. The van der Waals surface area contributed by atoms with Crippen LogP contribution in [-0.4, -0.2) is 12.5 Å². The van der Waals surface area contributed by atoms with Crippen LogP contribution in [0.4, 0.5) is 0 Å². The summed E-state index contributed by atoms with van der Waals surface area (Å²) >= 11 is 0. The van der Waals surface area contributed by atoms with Crippen molar-refractivity contribution >= 4 is 5.91 Å². The monoisotopic (exact) mass is 243 g/mol. The number of benzene rings is 1. The van der Waals surface area contributed by atoms with E-state index in [1.807, 2.05) is 6.07 Å². The Labute approximate surface area is 109 Å². The molecule has 1 aromatic carbocycles. The smallest absolute Gasteiger partial charge is 0.251 e. The largest absolute Gasteiger partial charge is 0.352 e. The van der Waals surface area contributed by atoms with Crippen molar-refractivity contribution in [2.45, 2.75) is 45.4 Å². The van der Waals surface area contributed by atoms with Crippen LogP contribution in [0.2, 0.25) is 0 Å². The second kappa shape index (κ2) is 4.75. The van der Waals surface area contributed by atoms with E-state index in [1.54, 1.807) is 0 Å². The Balaban J connectivity index is 1.75. The lowest BCUT2D eigenvalue weighted by Crippen LogP contribution is -2.32. The topological polar surface area (TPSA) is 29.1 Å². The molecule has 1 aromatic rings. The average Bonchev–Trinajstić information content (AvgIpc) is 2.77. The van der Waals surface area contributed by atoms with Crippen LogP contribution in [0, 0.1) is 12.8 Å². The van der Waals surface area contributed by atoms with Crippen LogP contribution in [0.5, 0.6) is 0 Å². The van der Waals surface area contributed by atoms with Crippen molar-refractivity contribution < 1.29 is 4.79 Å². The van der Waals surface area contributed by atoms with Gasteiger partial charge in [-0.15, -0.1) is 0 Å². The minimum Gasteiger partial charge on any atom is -0.352 e. The van der Waals surface area contributed by atoms with Gasteiger partial charge < -0.3 is 5.32 Å². The van der Waals surface area contributed by atoms with E-state index in [-0.39, 0.29) is 5.91 Å². The first-order chi connectivity index (χ1) is 8.75. The predicted molar refractivity (Wildman–Crippen MR) is 72.9 cm³/mol. The van der Waals surface area contributed by atoms with Gasteiger partial charge >= 0.3 is 0 Å². The lowest BCUT2D eigenvalue weighted by atomic mass is 9.85. The van der Waals surface area contributed by atoms with Crippen LogP contribution in [-0.2, 0) is 12.8 Å². The molecule has 0 spiro atoms. The van der Waals surface area contributed by atoms with Crippen LogP contribution >= 0.6 is 0 Å². The lowest BCUT2D eigenvalue weighted by molar-refractivity contribution is 0.0938. The first-order valence-corrected chi connectivity index (χ1v) is 7.15. The number of amides is 1. The highest BCUT2D eigenvalue weighted by Crippen LogP contribution is 2.29. The van der Waals surface area contributed by atoms with Gasteiger partial charge in [0.05, 0.1) is 0 Å². The molecular formula is C16H21NO. The minimum absolute atomic E-state index is 0.139. The van der Waals surface area contributed by atoms with Crippen LogP contribution in [0.1, 0.15) is 52.7 Å². The fourth-order valence-electron chi connectivity index (χ4n) is 3.13. The molecule has 0 aromatic heterocycles. The van der Waals surface area contributed by atoms with E-state index in [4.69, 9.17) is 0 Å². The zero-order chi connectivity index (χ0) is 12.5. The van der Waals surface area contributed by atoms with Crippen LogP contribution in [0.25, 0.3) is 0 Å². The number of carbonyl (C=O) groups is 1. The van der Waals surface area contributed by atoms with Crippen molar-refractivity contribution in [2.75, 3.05) is 6.54 Å². The molecule has 0 unspecified atom stereocenters. The van der Waals surface area contributed by atoms with Gasteiger partial charge in [-0.1, -0.05) is 12.5 Å². The van der Waals surface area contributed by atoms with E-state index in [1.165, 1.54) is 42.4 Å². The van der Waals surface area contributed by atoms with Crippen LogP contribution < -0.4 is 5.32 Å². The van der Waals surface area contributed by atoms with Gasteiger partial charge in [-0.05, 0) is 67.7 Å². The summed E-state index contributed by atoms with van der Waals surface area (Å²) in [7, 11) is 0. The standard InChI is InChI=1S/C16H21NO/c1-11-8-9-15(14-7-3-6-13(11)14)16(18)17-10-12-4-2-5-12/h8-9,12H,2-7,10H2,1H3,(H,17,18). The number of nitrogens with one attached hydrogen (secondary N) is 1. The van der Waals surface area contributed by atoms with Gasteiger partial charge in [-0.2, -0.15) is 0 Å². The third-order valence-electron chi connectivity index (χ3n) is 4.54. The molecule has 0 saturated heterocycles. The van der Waals surface area contributed by atoms with Gasteiger partial charge in [0.2, 0.25) is 0 Å². The zero-order valence-electron chi connectivity index (χ0n) is 11.1. The molecule has 3 rings (SSSR count). The van der Waals surface area contributed by atoms with E-state index in [9.17, 15) is 4.79 Å². The lowest BCUT2D eigenvalue weighted by Gasteiger charge is -2.25. The molecule has 96 valence electrons. The second-order valence-corrected chi connectivity index (χ2v) is 5.75. The summed E-state index contributed by atoms with van der Waals surface area (Å²) in [6, 6.07) is 4.11. The van der Waals surface area contributed by atoms with Crippen molar-refractivity contribution in [3.8, 4) is 0 Å². The van der Waals surface area contributed by atoms with Gasteiger partial charge in [-0.3, -0.25) is 4.79 Å². The summed E-state index contributed by atoms with van der Waals surface area (Å²) in [6.07, 6.45) is 7.32. The SMILES string of the molecule is Cc1ccc(C(=O)NCC2CCC2)c2c1CCC2. The highest BCUT2D eigenvalue weighted by Gasteiger charge is 2.22. The van der Waals surface area contributed by atoms with Crippen molar-refractivity contribution in [3.05, 3.63) is 34.4 Å². The van der Waals surface area contributed by atoms with Crippen molar-refractivity contribution in [3.63, 3.8) is 0 Å². The number of carbonyl (C=O) groups excluding carboxylic acids is 1. The maximum Gasteiger partial charge on any atom is 0.251 e. The highest BCUT2D eigenvalue weighted by molar-refractivity contribution is 5.96. The summed E-state index contributed by atoms with van der Waals surface area (Å²) in [4.78, 5) is 12.2. The Hall–Kier alpha value is -1.31. The molecule has 2 aliphatic rings. The molecule has 1 fully saturated rings. The molecule has 2 heteroatoms. The third kappa shape index (κ3) is 2.05. The van der Waals surface area contributed by atoms with Crippen LogP contribution in [0.3, 0.4) is 0 Å². The molecule has 1 N–H and O–H groups in total. The molecule has 0 heterocycles.